The van der Waals surface area contributed by atoms with E-state index in [0.29, 0.717) is 0 Å². The number of aryl methyl sites for hydroxylation is 4. The van der Waals surface area contributed by atoms with Crippen molar-refractivity contribution in [1.82, 2.24) is 0 Å². The zero-order valence-corrected chi connectivity index (χ0v) is 37.2. The number of halogens is 2. The predicted molar refractivity (Wildman–Crippen MR) is 193 cm³/mol. The van der Waals surface area contributed by atoms with Crippen LogP contribution in [-0.2, 0) is 73.5 Å². The monoisotopic (exact) mass is 1010 g/mol. The topological polar surface area (TPSA) is 0 Å². The average Bonchev–Trinajstić information content (AvgIpc) is 3.96. The first-order chi connectivity index (χ1) is 22.5. The Morgan fingerprint density at radius 3 is 1.17 bits per heavy atom. The molecule has 0 saturated heterocycles. The van der Waals surface area contributed by atoms with E-state index in [1.54, 1.807) is 22.3 Å². The van der Waals surface area contributed by atoms with Crippen molar-refractivity contribution in [1.29, 1.82) is 0 Å². The molecule has 4 heteroatoms. The zero-order valence-electron chi connectivity index (χ0n) is 28.5. The van der Waals surface area contributed by atoms with Gasteiger partial charge in [-0.1, -0.05) is 51.4 Å². The van der Waals surface area contributed by atoms with Gasteiger partial charge in [-0.3, -0.25) is 12.2 Å². The second-order valence-corrected chi connectivity index (χ2v) is 16.9. The first-order valence-corrected chi connectivity index (χ1v) is 20.3. The molecule has 0 saturated carbocycles. The van der Waals surface area contributed by atoms with Crippen LogP contribution in [0.5, 0.6) is 0 Å². The molecule has 8 rings (SSSR count). The average molecular weight is 1000 g/mol. The smallest absolute Gasteiger partial charge is 0.0512 e. The van der Waals surface area contributed by atoms with Crippen LogP contribution < -0.4 is 24.8 Å². The second-order valence-electron chi connectivity index (χ2n) is 11.6. The summed E-state index contributed by atoms with van der Waals surface area (Å²) in [6.07, 6.45) is 30.9. The summed E-state index contributed by atoms with van der Waals surface area (Å²) < 4.78 is 3.02. The molecule has 0 amide bonds. The summed E-state index contributed by atoms with van der Waals surface area (Å²) in [4.78, 5) is 0. The Hall–Kier alpha value is -1.84. The van der Waals surface area contributed by atoms with Crippen molar-refractivity contribution in [2.24, 2.45) is 0 Å². The fourth-order valence-corrected chi connectivity index (χ4v) is 6.48. The zero-order chi connectivity index (χ0) is 32.7. The third-order valence-corrected chi connectivity index (χ3v) is 9.96. The molecule has 0 nitrogen and oxygen atoms in total. The van der Waals surface area contributed by atoms with Gasteiger partial charge in [0.2, 0.25) is 0 Å². The van der Waals surface area contributed by atoms with E-state index >= 15 is 0 Å². The van der Waals surface area contributed by atoms with Crippen LogP contribution in [0.1, 0.15) is 85.8 Å². The van der Waals surface area contributed by atoms with Crippen LogP contribution in [0.2, 0.25) is 0 Å². The normalized spacial score (nSPS) is 13.6. The van der Waals surface area contributed by atoms with E-state index in [1.165, 1.54) is 117 Å². The molecular formula is C44H48Cl2Hf2-2. The Bertz CT molecular complexity index is 1360. The Balaban J connectivity index is 0.000000290. The van der Waals surface area contributed by atoms with E-state index in [0.717, 1.165) is 12.8 Å². The molecular weight excluding hydrogens is 956 g/mol. The standard InChI is InChI=1S/2C9H11.2C8H8.2C5H5.2ClH.2Hf/c2*1-2-5-9-7-3-6-8(9)4-1;2*1-2-8-6-4-3-5-7-8;2*1-2-4-5-3-1;;;;/h2*3,6-7H,1-2,4-5H2;2*3-7H,1H3;2*1-3H,4H2;2*1H;;/q2*-1;;;2*-1;;;2*+2/p-2. The Morgan fingerprint density at radius 1 is 0.542 bits per heavy atom. The van der Waals surface area contributed by atoms with Crippen LogP contribution in [0.3, 0.4) is 0 Å². The summed E-state index contributed by atoms with van der Waals surface area (Å²) in [6.45, 7) is 4.36. The minimum atomic E-state index is 0. The van der Waals surface area contributed by atoms with Crippen LogP contribution >= 0.6 is 0 Å². The van der Waals surface area contributed by atoms with Crippen LogP contribution in [0.25, 0.3) is 0 Å². The van der Waals surface area contributed by atoms with E-state index in [9.17, 15) is 0 Å². The largest absolute Gasteiger partial charge is 1.00 e. The molecule has 0 spiro atoms. The molecule has 0 N–H and O–H groups in total. The summed E-state index contributed by atoms with van der Waals surface area (Å²) >= 11 is 2.35. The number of fused-ring (bicyclic) bond motifs is 2. The number of hydrogen-bond donors (Lipinski definition) is 0. The molecule has 0 aromatic heterocycles. The first kappa shape index (κ1) is 44.2. The summed E-state index contributed by atoms with van der Waals surface area (Å²) in [5, 5.41) is 0. The third kappa shape index (κ3) is 18.8. The van der Waals surface area contributed by atoms with Gasteiger partial charge >= 0.3 is 140 Å². The molecule has 0 bridgehead atoms. The van der Waals surface area contributed by atoms with Gasteiger partial charge in [0.15, 0.2) is 0 Å². The molecule has 4 aromatic rings. The minimum Gasteiger partial charge on any atom is -1.00 e. The van der Waals surface area contributed by atoms with Gasteiger partial charge in [0.1, 0.15) is 0 Å². The van der Waals surface area contributed by atoms with Gasteiger partial charge in [0, 0.05) is 0 Å². The van der Waals surface area contributed by atoms with Crippen molar-refractivity contribution in [2.45, 2.75) is 78.1 Å². The maximum Gasteiger partial charge on any atom is -0.0512 e. The van der Waals surface area contributed by atoms with Gasteiger partial charge in [-0.05, 0) is 0 Å². The minimum absolute atomic E-state index is 0. The van der Waals surface area contributed by atoms with Crippen LogP contribution in [0, 0.1) is 12.2 Å². The molecule has 4 aliphatic rings. The number of rotatable bonds is 2. The molecule has 0 fully saturated rings. The summed E-state index contributed by atoms with van der Waals surface area (Å²) in [7, 11) is 0. The summed E-state index contributed by atoms with van der Waals surface area (Å²) in [5.41, 5.74) is 9.18. The molecule has 248 valence electrons. The van der Waals surface area contributed by atoms with Crippen molar-refractivity contribution >= 4 is 6.51 Å². The fraction of sp³-hybridized carbons (Fsp3) is 0.273. The molecule has 0 radical (unpaired) electrons. The maximum atomic E-state index is 2.99. The number of benzene rings is 2. The van der Waals surface area contributed by atoms with Gasteiger partial charge in [0.05, 0.1) is 0 Å². The third-order valence-electron chi connectivity index (χ3n) is 7.88. The summed E-state index contributed by atoms with van der Waals surface area (Å²) in [6, 6.07) is 34.4. The molecule has 0 atom stereocenters. The van der Waals surface area contributed by atoms with Gasteiger partial charge < -0.3 is 24.8 Å². The molecule has 4 aromatic carbocycles. The predicted octanol–water partition coefficient (Wildman–Crippen LogP) is 4.74. The van der Waals surface area contributed by atoms with E-state index in [-0.39, 0.29) is 24.8 Å². The van der Waals surface area contributed by atoms with E-state index in [2.05, 4.69) is 123 Å². The van der Waals surface area contributed by atoms with Crippen molar-refractivity contribution in [3.05, 3.63) is 179 Å². The van der Waals surface area contributed by atoms with Crippen LogP contribution in [0.15, 0.2) is 134 Å². The van der Waals surface area contributed by atoms with Gasteiger partial charge in [-0.15, -0.1) is 12.8 Å². The van der Waals surface area contributed by atoms with Crippen LogP contribution in [-0.4, -0.2) is 6.51 Å². The van der Waals surface area contributed by atoms with Crippen molar-refractivity contribution < 1.29 is 72.6 Å². The van der Waals surface area contributed by atoms with Crippen molar-refractivity contribution in [3.63, 3.8) is 0 Å². The maximum absolute atomic E-state index is 2.99. The van der Waals surface area contributed by atoms with Gasteiger partial charge in [0.25, 0.3) is 0 Å². The van der Waals surface area contributed by atoms with Crippen molar-refractivity contribution in [2.75, 3.05) is 0 Å². The van der Waals surface area contributed by atoms with Crippen LogP contribution in [0.4, 0.5) is 0 Å². The number of hydrogen-bond acceptors (Lipinski definition) is 0. The Labute approximate surface area is 333 Å². The quantitative estimate of drug-likeness (QED) is 0.202. The SMILES string of the molecule is C[C](=[Hf+2])c1ccccc1.C[C](=[Hf+2])c1ccccc1.[C-]1=CC=CC1.[C-]1=CC=CC1.[Cl-].[Cl-].c1cc2c([cH-]1)CCCC2.c1cc2c([cH-]1)CCCC2. The van der Waals surface area contributed by atoms with Gasteiger partial charge in [-0.25, -0.2) is 36.4 Å². The van der Waals surface area contributed by atoms with E-state index in [4.69, 9.17) is 0 Å². The molecule has 0 unspecified atom stereocenters. The van der Waals surface area contributed by atoms with Gasteiger partial charge in [-0.2, -0.15) is 58.7 Å². The molecule has 4 aliphatic carbocycles. The molecule has 0 heterocycles. The Kier molecular flexibility index (Phi) is 25.7. The van der Waals surface area contributed by atoms with E-state index < -0.39 is 0 Å². The fourth-order valence-electron chi connectivity index (χ4n) is 5.28. The Morgan fingerprint density at radius 2 is 0.917 bits per heavy atom. The molecule has 48 heavy (non-hydrogen) atoms. The summed E-state index contributed by atoms with van der Waals surface area (Å²) in [5.74, 6) is 0. The number of allylic oxidation sites excluding steroid dienone is 8. The molecule has 0 aliphatic heterocycles. The second kappa shape index (κ2) is 27.9. The van der Waals surface area contributed by atoms with Crippen molar-refractivity contribution in [3.8, 4) is 0 Å². The van der Waals surface area contributed by atoms with E-state index in [1.807, 2.05) is 36.4 Å². The first-order valence-electron chi connectivity index (χ1n) is 16.7.